The van der Waals surface area contributed by atoms with E-state index in [0.29, 0.717) is 6.04 Å². The number of hydrogen-bond acceptors (Lipinski definition) is 1. The smallest absolute Gasteiger partial charge is 0.0210 e. The normalized spacial score (nSPS) is 22.0. The lowest BCUT2D eigenvalue weighted by Crippen LogP contribution is -2.28. The lowest BCUT2D eigenvalue weighted by Gasteiger charge is -2.22. The molecule has 0 saturated carbocycles. The van der Waals surface area contributed by atoms with Crippen LogP contribution in [0, 0.1) is 0 Å². The molecule has 0 bridgehead atoms. The molecule has 2 rings (SSSR count). The van der Waals surface area contributed by atoms with Gasteiger partial charge in [0, 0.05) is 10.5 Å². The molecule has 0 fully saturated rings. The molecule has 0 spiro atoms. The number of hydrogen-bond donors (Lipinski definition) is 1. The minimum absolute atomic E-state index is 0.358. The van der Waals surface area contributed by atoms with Gasteiger partial charge in [0.25, 0.3) is 0 Å². The number of nitrogens with two attached hydrogens (primary N) is 1. The second-order valence-corrected chi connectivity index (χ2v) is 4.23. The van der Waals surface area contributed by atoms with Crippen molar-refractivity contribution in [3.05, 3.63) is 33.8 Å². The third-order valence-corrected chi connectivity index (χ3v) is 3.21. The fourth-order valence-electron chi connectivity index (χ4n) is 1.77. The van der Waals surface area contributed by atoms with Crippen molar-refractivity contribution in [3.8, 4) is 0 Å². The molecule has 0 amide bonds. The summed E-state index contributed by atoms with van der Waals surface area (Å²) in [5.74, 6) is 0. The summed E-state index contributed by atoms with van der Waals surface area (Å²) in [6, 6.07) is 6.75. The number of halogens is 1. The summed E-state index contributed by atoms with van der Waals surface area (Å²) < 4.78 is 1.22. The van der Waals surface area contributed by atoms with Gasteiger partial charge >= 0.3 is 0 Å². The summed E-state index contributed by atoms with van der Waals surface area (Å²) >= 11 is 3.55. The number of aryl methyl sites for hydroxylation is 1. The van der Waals surface area contributed by atoms with Crippen LogP contribution in [0.4, 0.5) is 0 Å². The van der Waals surface area contributed by atoms with Crippen molar-refractivity contribution >= 4 is 15.9 Å². The lowest BCUT2D eigenvalue weighted by atomic mass is 9.89. The van der Waals surface area contributed by atoms with Crippen LogP contribution in [-0.4, -0.2) is 6.04 Å². The van der Waals surface area contributed by atoms with E-state index in [2.05, 4.69) is 34.1 Å². The van der Waals surface area contributed by atoms with Crippen molar-refractivity contribution < 1.29 is 0 Å². The van der Waals surface area contributed by atoms with Crippen molar-refractivity contribution in [1.82, 2.24) is 0 Å². The van der Waals surface area contributed by atoms with Crippen LogP contribution >= 0.6 is 15.9 Å². The van der Waals surface area contributed by atoms with Gasteiger partial charge in [-0.2, -0.15) is 0 Å². The minimum Gasteiger partial charge on any atom is -0.327 e. The second-order valence-electron chi connectivity index (χ2n) is 3.38. The number of rotatable bonds is 0. The predicted molar refractivity (Wildman–Crippen MR) is 54.1 cm³/mol. The van der Waals surface area contributed by atoms with Crippen LogP contribution in [0.3, 0.4) is 0 Å². The van der Waals surface area contributed by atoms with E-state index in [4.69, 9.17) is 5.73 Å². The van der Waals surface area contributed by atoms with Gasteiger partial charge in [0.1, 0.15) is 0 Å². The predicted octanol–water partition coefficient (Wildman–Crippen LogP) is 2.27. The highest BCUT2D eigenvalue weighted by atomic mass is 79.9. The average Bonchev–Trinajstić information content (AvgIpc) is 2.07. The maximum Gasteiger partial charge on any atom is 0.0210 e. The lowest BCUT2D eigenvalue weighted by molar-refractivity contribution is 0.575. The standard InChI is InChI=1S/C10H12BrN/c11-10-3-1-2-7-4-5-8(12)6-9(7)10/h1-3,8H,4-6,12H2/t8-/m1/s1. The molecule has 12 heavy (non-hydrogen) atoms. The Balaban J connectivity index is 2.43. The number of benzene rings is 1. The van der Waals surface area contributed by atoms with Gasteiger partial charge in [0.2, 0.25) is 0 Å². The van der Waals surface area contributed by atoms with Gasteiger partial charge in [-0.3, -0.25) is 0 Å². The van der Waals surface area contributed by atoms with Crippen molar-refractivity contribution in [1.29, 1.82) is 0 Å². The van der Waals surface area contributed by atoms with Crippen LogP contribution in [0.25, 0.3) is 0 Å². The maximum absolute atomic E-state index is 5.90. The van der Waals surface area contributed by atoms with E-state index in [1.165, 1.54) is 15.6 Å². The van der Waals surface area contributed by atoms with Crippen LogP contribution in [0.1, 0.15) is 17.5 Å². The molecule has 1 atom stereocenters. The SMILES string of the molecule is N[C@@H]1CCc2cccc(Br)c2C1. The van der Waals surface area contributed by atoms with E-state index in [1.807, 2.05) is 0 Å². The van der Waals surface area contributed by atoms with Crippen LogP contribution in [-0.2, 0) is 12.8 Å². The molecule has 0 aromatic heterocycles. The second kappa shape index (κ2) is 3.19. The van der Waals surface area contributed by atoms with Gasteiger partial charge in [0.05, 0.1) is 0 Å². The van der Waals surface area contributed by atoms with Crippen molar-refractivity contribution in [3.63, 3.8) is 0 Å². The summed E-state index contributed by atoms with van der Waals surface area (Å²) in [5.41, 5.74) is 8.77. The van der Waals surface area contributed by atoms with Crippen LogP contribution in [0.5, 0.6) is 0 Å². The molecule has 0 aliphatic heterocycles. The van der Waals surface area contributed by atoms with Crippen LogP contribution < -0.4 is 5.73 Å². The molecule has 0 unspecified atom stereocenters. The Morgan fingerprint density at radius 3 is 3.08 bits per heavy atom. The highest BCUT2D eigenvalue weighted by Gasteiger charge is 2.16. The van der Waals surface area contributed by atoms with E-state index in [9.17, 15) is 0 Å². The van der Waals surface area contributed by atoms with Gasteiger partial charge < -0.3 is 5.73 Å². The first-order valence-electron chi connectivity index (χ1n) is 4.29. The van der Waals surface area contributed by atoms with E-state index >= 15 is 0 Å². The Kier molecular flexibility index (Phi) is 2.20. The monoisotopic (exact) mass is 225 g/mol. The molecule has 2 N–H and O–H groups in total. The van der Waals surface area contributed by atoms with Crippen molar-refractivity contribution in [2.24, 2.45) is 5.73 Å². The molecule has 1 nitrogen and oxygen atoms in total. The third kappa shape index (κ3) is 1.41. The van der Waals surface area contributed by atoms with Crippen LogP contribution in [0.15, 0.2) is 22.7 Å². The topological polar surface area (TPSA) is 26.0 Å². The number of fused-ring (bicyclic) bond motifs is 1. The minimum atomic E-state index is 0.358. The van der Waals surface area contributed by atoms with Crippen LogP contribution in [0.2, 0.25) is 0 Å². The van der Waals surface area contributed by atoms with Gasteiger partial charge in [-0.1, -0.05) is 28.1 Å². The molecule has 0 radical (unpaired) electrons. The Morgan fingerprint density at radius 1 is 1.42 bits per heavy atom. The first-order valence-corrected chi connectivity index (χ1v) is 5.08. The average molecular weight is 226 g/mol. The zero-order chi connectivity index (χ0) is 8.55. The fourth-order valence-corrected chi connectivity index (χ4v) is 2.34. The highest BCUT2D eigenvalue weighted by Crippen LogP contribution is 2.27. The molecular formula is C10H12BrN. The summed E-state index contributed by atoms with van der Waals surface area (Å²) in [7, 11) is 0. The van der Waals surface area contributed by atoms with Gasteiger partial charge in [-0.05, 0) is 36.5 Å². The van der Waals surface area contributed by atoms with E-state index in [0.717, 1.165) is 19.3 Å². The Bertz CT molecular complexity index is 296. The first-order chi connectivity index (χ1) is 5.77. The summed E-state index contributed by atoms with van der Waals surface area (Å²) in [4.78, 5) is 0. The quantitative estimate of drug-likeness (QED) is 0.721. The van der Waals surface area contributed by atoms with Crippen molar-refractivity contribution in [2.45, 2.75) is 25.3 Å². The molecule has 0 saturated heterocycles. The molecule has 2 heteroatoms. The molecule has 0 heterocycles. The van der Waals surface area contributed by atoms with Crippen molar-refractivity contribution in [2.75, 3.05) is 0 Å². The zero-order valence-electron chi connectivity index (χ0n) is 6.89. The molecular weight excluding hydrogens is 214 g/mol. The van der Waals surface area contributed by atoms with Gasteiger partial charge in [-0.25, -0.2) is 0 Å². The molecule has 1 aromatic carbocycles. The van der Waals surface area contributed by atoms with E-state index in [1.54, 1.807) is 0 Å². The molecule has 1 aliphatic carbocycles. The summed E-state index contributed by atoms with van der Waals surface area (Å²) in [5, 5.41) is 0. The summed E-state index contributed by atoms with van der Waals surface area (Å²) in [6.45, 7) is 0. The third-order valence-electron chi connectivity index (χ3n) is 2.47. The van der Waals surface area contributed by atoms with Gasteiger partial charge in [0.15, 0.2) is 0 Å². The summed E-state index contributed by atoms with van der Waals surface area (Å²) in [6.07, 6.45) is 3.29. The Hall–Kier alpha value is -0.340. The molecule has 1 aromatic rings. The first kappa shape index (κ1) is 8.27. The zero-order valence-corrected chi connectivity index (χ0v) is 8.47. The Labute approximate surface area is 81.1 Å². The largest absolute Gasteiger partial charge is 0.327 e. The van der Waals surface area contributed by atoms with E-state index < -0.39 is 0 Å². The van der Waals surface area contributed by atoms with Gasteiger partial charge in [-0.15, -0.1) is 0 Å². The fraction of sp³-hybridized carbons (Fsp3) is 0.400. The maximum atomic E-state index is 5.90. The van der Waals surface area contributed by atoms with E-state index in [-0.39, 0.29) is 0 Å². The molecule has 1 aliphatic rings. The molecule has 64 valence electrons. The highest BCUT2D eigenvalue weighted by molar-refractivity contribution is 9.10. The Morgan fingerprint density at radius 2 is 2.25 bits per heavy atom.